The van der Waals surface area contributed by atoms with Crippen LogP contribution in [0.3, 0.4) is 0 Å². The van der Waals surface area contributed by atoms with Crippen molar-refractivity contribution in [2.45, 2.75) is 19.3 Å². The molecule has 0 aliphatic carbocycles. The fourth-order valence-electron chi connectivity index (χ4n) is 3.13. The van der Waals surface area contributed by atoms with Crippen molar-refractivity contribution >= 4 is 11.6 Å². The average molecular weight is 273 g/mol. The van der Waals surface area contributed by atoms with Gasteiger partial charge in [0, 0.05) is 51.4 Å². The molecule has 2 aliphatic heterocycles. The highest BCUT2D eigenvalue weighted by Crippen LogP contribution is 2.22. The van der Waals surface area contributed by atoms with Crippen LogP contribution >= 0.6 is 0 Å². The Balaban J connectivity index is 1.67. The van der Waals surface area contributed by atoms with Gasteiger partial charge in [-0.1, -0.05) is 18.2 Å². The van der Waals surface area contributed by atoms with Gasteiger partial charge in [-0.2, -0.15) is 0 Å². The van der Waals surface area contributed by atoms with E-state index in [0.29, 0.717) is 5.91 Å². The van der Waals surface area contributed by atoms with E-state index in [4.69, 9.17) is 0 Å². The molecule has 3 rings (SSSR count). The molecule has 2 saturated heterocycles. The third kappa shape index (κ3) is 2.96. The Morgan fingerprint density at radius 1 is 1.10 bits per heavy atom. The number of hydrogen-bond donors (Lipinski definition) is 1. The summed E-state index contributed by atoms with van der Waals surface area (Å²) in [4.78, 5) is 16.2. The third-order valence-corrected chi connectivity index (χ3v) is 4.27. The molecule has 0 aromatic heterocycles. The molecule has 108 valence electrons. The molecule has 2 heterocycles. The summed E-state index contributed by atoms with van der Waals surface area (Å²) in [6, 6.07) is 8.64. The van der Waals surface area contributed by atoms with E-state index in [9.17, 15) is 4.79 Å². The van der Waals surface area contributed by atoms with Crippen molar-refractivity contribution in [2.24, 2.45) is 0 Å². The van der Waals surface area contributed by atoms with E-state index >= 15 is 0 Å². The van der Waals surface area contributed by atoms with E-state index < -0.39 is 0 Å². The van der Waals surface area contributed by atoms with E-state index in [0.717, 1.165) is 58.5 Å². The smallest absolute Gasteiger partial charge is 0.222 e. The van der Waals surface area contributed by atoms with Crippen molar-refractivity contribution in [1.29, 1.82) is 0 Å². The molecular weight excluding hydrogens is 250 g/mol. The van der Waals surface area contributed by atoms with Gasteiger partial charge in [-0.3, -0.25) is 4.79 Å². The van der Waals surface area contributed by atoms with Gasteiger partial charge in [0.1, 0.15) is 0 Å². The molecule has 0 spiro atoms. The number of benzene rings is 1. The van der Waals surface area contributed by atoms with Crippen LogP contribution in [0, 0.1) is 0 Å². The van der Waals surface area contributed by atoms with Crippen LogP contribution in [0.15, 0.2) is 24.3 Å². The van der Waals surface area contributed by atoms with Crippen molar-refractivity contribution in [3.05, 3.63) is 29.8 Å². The number of para-hydroxylation sites is 1. The summed E-state index contributed by atoms with van der Waals surface area (Å²) in [5.74, 6) is 0.324. The lowest BCUT2D eigenvalue weighted by Crippen LogP contribution is -2.44. The van der Waals surface area contributed by atoms with Crippen LogP contribution in [-0.4, -0.2) is 50.1 Å². The fraction of sp³-hybridized carbons (Fsp3) is 0.562. The van der Waals surface area contributed by atoms with Crippen molar-refractivity contribution in [1.82, 2.24) is 10.2 Å². The van der Waals surface area contributed by atoms with Crippen molar-refractivity contribution in [2.75, 3.05) is 44.2 Å². The van der Waals surface area contributed by atoms with Gasteiger partial charge in [-0.15, -0.1) is 0 Å². The maximum Gasteiger partial charge on any atom is 0.222 e. The first-order valence-corrected chi connectivity index (χ1v) is 7.66. The predicted octanol–water partition coefficient (Wildman–Crippen LogP) is 1.26. The van der Waals surface area contributed by atoms with Crippen LogP contribution < -0.4 is 10.2 Å². The normalized spacial score (nSPS) is 19.7. The Labute approximate surface area is 120 Å². The van der Waals surface area contributed by atoms with Crippen LogP contribution in [0.5, 0.6) is 0 Å². The van der Waals surface area contributed by atoms with E-state index in [1.165, 1.54) is 11.3 Å². The highest BCUT2D eigenvalue weighted by Gasteiger charge is 2.20. The van der Waals surface area contributed by atoms with Crippen LogP contribution in [-0.2, 0) is 11.2 Å². The number of anilines is 1. The molecule has 4 nitrogen and oxygen atoms in total. The second-order valence-corrected chi connectivity index (χ2v) is 5.60. The van der Waals surface area contributed by atoms with Crippen molar-refractivity contribution in [3.63, 3.8) is 0 Å². The first-order chi connectivity index (χ1) is 9.84. The molecule has 2 aliphatic rings. The van der Waals surface area contributed by atoms with Crippen LogP contribution in [0.1, 0.15) is 18.4 Å². The van der Waals surface area contributed by atoms with Crippen molar-refractivity contribution in [3.8, 4) is 0 Å². The zero-order valence-corrected chi connectivity index (χ0v) is 12.0. The molecular formula is C16H23N3O. The highest BCUT2D eigenvalue weighted by atomic mass is 16.2. The SMILES string of the molecule is O=C1CCCN1CCc1ccccc1N1CCNCC1. The molecule has 1 aromatic carbocycles. The van der Waals surface area contributed by atoms with Gasteiger partial charge in [0.25, 0.3) is 0 Å². The zero-order valence-electron chi connectivity index (χ0n) is 12.0. The van der Waals surface area contributed by atoms with Gasteiger partial charge < -0.3 is 15.1 Å². The molecule has 0 saturated carbocycles. The lowest BCUT2D eigenvalue weighted by molar-refractivity contribution is -0.127. The molecule has 0 atom stereocenters. The summed E-state index contributed by atoms with van der Waals surface area (Å²) in [5, 5.41) is 3.39. The number of nitrogens with zero attached hydrogens (tertiary/aromatic N) is 2. The monoisotopic (exact) mass is 273 g/mol. The summed E-state index contributed by atoms with van der Waals surface area (Å²) in [7, 11) is 0. The summed E-state index contributed by atoms with van der Waals surface area (Å²) in [6.07, 6.45) is 2.73. The fourth-order valence-corrected chi connectivity index (χ4v) is 3.13. The predicted molar refractivity (Wildman–Crippen MR) is 81.0 cm³/mol. The Kier molecular flexibility index (Phi) is 4.21. The number of nitrogens with one attached hydrogen (secondary N) is 1. The molecule has 20 heavy (non-hydrogen) atoms. The number of amides is 1. The van der Waals surface area contributed by atoms with E-state index in [1.807, 2.05) is 4.90 Å². The Morgan fingerprint density at radius 3 is 2.65 bits per heavy atom. The molecule has 0 unspecified atom stereocenters. The first-order valence-electron chi connectivity index (χ1n) is 7.66. The zero-order chi connectivity index (χ0) is 13.8. The largest absolute Gasteiger partial charge is 0.369 e. The number of hydrogen-bond acceptors (Lipinski definition) is 3. The van der Waals surface area contributed by atoms with Gasteiger partial charge in [-0.25, -0.2) is 0 Å². The number of carbonyl (C=O) groups is 1. The van der Waals surface area contributed by atoms with Crippen LogP contribution in [0.2, 0.25) is 0 Å². The molecule has 0 bridgehead atoms. The minimum absolute atomic E-state index is 0.324. The molecule has 1 N–H and O–H groups in total. The standard InChI is InChI=1S/C16H23N3O/c20-16-6-3-10-19(16)11-7-14-4-1-2-5-15(14)18-12-8-17-9-13-18/h1-2,4-5,17H,3,6-13H2. The van der Waals surface area contributed by atoms with Crippen molar-refractivity contribution < 1.29 is 4.79 Å². The van der Waals surface area contributed by atoms with Gasteiger partial charge >= 0.3 is 0 Å². The summed E-state index contributed by atoms with van der Waals surface area (Å²) >= 11 is 0. The molecule has 2 fully saturated rings. The quantitative estimate of drug-likeness (QED) is 0.897. The minimum Gasteiger partial charge on any atom is -0.369 e. The molecule has 1 aromatic rings. The van der Waals surface area contributed by atoms with Crippen LogP contribution in [0.25, 0.3) is 0 Å². The minimum atomic E-state index is 0.324. The number of rotatable bonds is 4. The lowest BCUT2D eigenvalue weighted by atomic mass is 10.1. The summed E-state index contributed by atoms with van der Waals surface area (Å²) < 4.78 is 0. The van der Waals surface area contributed by atoms with E-state index in [1.54, 1.807) is 0 Å². The second-order valence-electron chi connectivity index (χ2n) is 5.60. The summed E-state index contributed by atoms with van der Waals surface area (Å²) in [5.41, 5.74) is 2.72. The molecule has 1 amide bonds. The Morgan fingerprint density at radius 2 is 1.90 bits per heavy atom. The molecule has 4 heteroatoms. The number of piperazine rings is 1. The van der Waals surface area contributed by atoms with E-state index in [2.05, 4.69) is 34.5 Å². The maximum atomic E-state index is 11.7. The average Bonchev–Trinajstić information content (AvgIpc) is 2.92. The number of likely N-dealkylation sites (tertiary alicyclic amines) is 1. The Bertz CT molecular complexity index is 469. The van der Waals surface area contributed by atoms with Gasteiger partial charge in [0.05, 0.1) is 0 Å². The molecule has 0 radical (unpaired) electrons. The summed E-state index contributed by atoms with van der Waals surface area (Å²) in [6.45, 7) is 6.05. The third-order valence-electron chi connectivity index (χ3n) is 4.27. The second kappa shape index (κ2) is 6.27. The highest BCUT2D eigenvalue weighted by molar-refractivity contribution is 5.78. The van der Waals surface area contributed by atoms with E-state index in [-0.39, 0.29) is 0 Å². The lowest BCUT2D eigenvalue weighted by Gasteiger charge is -2.31. The van der Waals surface area contributed by atoms with Crippen LogP contribution in [0.4, 0.5) is 5.69 Å². The van der Waals surface area contributed by atoms with Gasteiger partial charge in [0.15, 0.2) is 0 Å². The van der Waals surface area contributed by atoms with Gasteiger partial charge in [-0.05, 0) is 24.5 Å². The topological polar surface area (TPSA) is 35.6 Å². The Hall–Kier alpha value is -1.55. The maximum absolute atomic E-state index is 11.7. The number of carbonyl (C=O) groups excluding carboxylic acids is 1. The first kappa shape index (κ1) is 13.4. The van der Waals surface area contributed by atoms with Gasteiger partial charge in [0.2, 0.25) is 5.91 Å².